The van der Waals surface area contributed by atoms with E-state index in [0.717, 1.165) is 18.1 Å². The van der Waals surface area contributed by atoms with Crippen molar-refractivity contribution in [1.29, 1.82) is 0 Å². The van der Waals surface area contributed by atoms with E-state index in [1.807, 2.05) is 7.05 Å². The Morgan fingerprint density at radius 3 is 2.87 bits per heavy atom. The van der Waals surface area contributed by atoms with Gasteiger partial charge in [-0.2, -0.15) is 4.98 Å². The van der Waals surface area contributed by atoms with Crippen molar-refractivity contribution < 1.29 is 4.74 Å². The van der Waals surface area contributed by atoms with Crippen LogP contribution in [0.1, 0.15) is 13.8 Å². The normalized spacial score (nSPS) is 18.0. The average Bonchev–Trinajstić information content (AvgIpc) is 2.23. The van der Waals surface area contributed by atoms with Gasteiger partial charge in [-0.05, 0) is 13.8 Å². The first-order valence-corrected chi connectivity index (χ1v) is 4.93. The van der Waals surface area contributed by atoms with Gasteiger partial charge in [-0.3, -0.25) is 0 Å². The summed E-state index contributed by atoms with van der Waals surface area (Å²) in [5, 5.41) is 3.31. The molecule has 1 aliphatic rings. The largest absolute Gasteiger partial charge is 0.479 e. The lowest BCUT2D eigenvalue weighted by atomic mass is 10.0. The van der Waals surface area contributed by atoms with Gasteiger partial charge in [0, 0.05) is 13.6 Å². The van der Waals surface area contributed by atoms with Crippen molar-refractivity contribution in [1.82, 2.24) is 9.97 Å². The topological polar surface area (TPSA) is 50.3 Å². The van der Waals surface area contributed by atoms with Gasteiger partial charge in [0.2, 0.25) is 5.88 Å². The van der Waals surface area contributed by atoms with Gasteiger partial charge in [0.25, 0.3) is 0 Å². The summed E-state index contributed by atoms with van der Waals surface area (Å²) in [4.78, 5) is 10.5. The molecule has 0 amide bonds. The fourth-order valence-electron chi connectivity index (χ4n) is 1.63. The second-order valence-electron chi connectivity index (χ2n) is 4.31. The Bertz CT molecular complexity index is 378. The van der Waals surface area contributed by atoms with Gasteiger partial charge in [-0.25, -0.2) is 4.98 Å². The van der Waals surface area contributed by atoms with Crippen LogP contribution in [0.4, 0.5) is 11.5 Å². The molecule has 0 fully saturated rings. The Kier molecular flexibility index (Phi) is 2.17. The monoisotopic (exact) mass is 208 g/mol. The highest BCUT2D eigenvalue weighted by Crippen LogP contribution is 2.37. The molecule has 82 valence electrons. The first kappa shape index (κ1) is 10.0. The Balaban J connectivity index is 2.49. The minimum atomic E-state index is 0.0480. The molecule has 15 heavy (non-hydrogen) atoms. The molecule has 0 aromatic carbocycles. The second-order valence-corrected chi connectivity index (χ2v) is 4.31. The van der Waals surface area contributed by atoms with Gasteiger partial charge in [-0.1, -0.05) is 0 Å². The molecule has 1 aromatic rings. The number of nitrogens with zero attached hydrogens (tertiary/aromatic N) is 3. The van der Waals surface area contributed by atoms with Crippen LogP contribution >= 0.6 is 0 Å². The number of likely N-dealkylation sites (N-methyl/N-ethyl adjacent to an activating group) is 1. The lowest BCUT2D eigenvalue weighted by Gasteiger charge is -2.41. The number of methoxy groups -OCH3 is 1. The van der Waals surface area contributed by atoms with E-state index in [-0.39, 0.29) is 5.54 Å². The number of ether oxygens (including phenoxy) is 1. The van der Waals surface area contributed by atoms with Gasteiger partial charge in [0.15, 0.2) is 5.82 Å². The Labute approximate surface area is 89.5 Å². The maximum Gasteiger partial charge on any atom is 0.242 e. The van der Waals surface area contributed by atoms with Crippen LogP contribution in [0.25, 0.3) is 0 Å². The van der Waals surface area contributed by atoms with Crippen LogP contribution < -0.4 is 15.0 Å². The van der Waals surface area contributed by atoms with Gasteiger partial charge >= 0.3 is 0 Å². The fourth-order valence-corrected chi connectivity index (χ4v) is 1.63. The second kappa shape index (κ2) is 3.25. The lowest BCUT2D eigenvalue weighted by Crippen LogP contribution is -2.50. The number of anilines is 2. The van der Waals surface area contributed by atoms with E-state index in [1.165, 1.54) is 6.33 Å². The SMILES string of the molecule is COc1ncnc2c1NCC(C)(C)N2C. The van der Waals surface area contributed by atoms with Crippen LogP contribution in [0.5, 0.6) is 5.88 Å². The summed E-state index contributed by atoms with van der Waals surface area (Å²) in [5.41, 5.74) is 0.925. The van der Waals surface area contributed by atoms with Crippen LogP contribution in [0.15, 0.2) is 6.33 Å². The summed E-state index contributed by atoms with van der Waals surface area (Å²) in [7, 11) is 3.65. The van der Waals surface area contributed by atoms with Crippen molar-refractivity contribution in [3.05, 3.63) is 6.33 Å². The first-order chi connectivity index (χ1) is 7.06. The minimum Gasteiger partial charge on any atom is -0.479 e. The summed E-state index contributed by atoms with van der Waals surface area (Å²) in [6.07, 6.45) is 1.53. The first-order valence-electron chi connectivity index (χ1n) is 4.93. The van der Waals surface area contributed by atoms with E-state index in [1.54, 1.807) is 7.11 Å². The number of hydrogen-bond acceptors (Lipinski definition) is 5. The van der Waals surface area contributed by atoms with Crippen LogP contribution in [-0.4, -0.2) is 36.2 Å². The fraction of sp³-hybridized carbons (Fsp3) is 0.600. The van der Waals surface area contributed by atoms with E-state index in [4.69, 9.17) is 4.74 Å². The van der Waals surface area contributed by atoms with Crippen LogP contribution in [-0.2, 0) is 0 Å². The van der Waals surface area contributed by atoms with Crippen LogP contribution in [0.3, 0.4) is 0 Å². The van der Waals surface area contributed by atoms with E-state index in [2.05, 4.69) is 34.0 Å². The van der Waals surface area contributed by atoms with E-state index >= 15 is 0 Å². The van der Waals surface area contributed by atoms with Crippen LogP contribution in [0.2, 0.25) is 0 Å². The van der Waals surface area contributed by atoms with Crippen molar-refractivity contribution in [2.45, 2.75) is 19.4 Å². The van der Waals surface area contributed by atoms with Gasteiger partial charge < -0.3 is 15.0 Å². The van der Waals surface area contributed by atoms with Gasteiger partial charge in [0.1, 0.15) is 12.0 Å². The number of aromatic nitrogens is 2. The third-order valence-electron chi connectivity index (χ3n) is 2.91. The van der Waals surface area contributed by atoms with Gasteiger partial charge in [-0.15, -0.1) is 0 Å². The Morgan fingerprint density at radius 2 is 2.20 bits per heavy atom. The quantitative estimate of drug-likeness (QED) is 0.749. The van der Waals surface area contributed by atoms with E-state index < -0.39 is 0 Å². The summed E-state index contributed by atoms with van der Waals surface area (Å²) < 4.78 is 5.19. The third kappa shape index (κ3) is 1.48. The molecular weight excluding hydrogens is 192 g/mol. The molecule has 5 heteroatoms. The molecular formula is C10H16N4O. The van der Waals surface area contributed by atoms with Crippen molar-refractivity contribution in [2.24, 2.45) is 0 Å². The zero-order valence-corrected chi connectivity index (χ0v) is 9.53. The molecule has 0 bridgehead atoms. The molecule has 5 nitrogen and oxygen atoms in total. The molecule has 0 spiro atoms. The van der Waals surface area contributed by atoms with Crippen molar-refractivity contribution >= 4 is 11.5 Å². The van der Waals surface area contributed by atoms with Crippen LogP contribution in [0, 0.1) is 0 Å². The third-order valence-corrected chi connectivity index (χ3v) is 2.91. The van der Waals surface area contributed by atoms with E-state index in [0.29, 0.717) is 5.88 Å². The molecule has 1 aliphatic heterocycles. The van der Waals surface area contributed by atoms with Crippen molar-refractivity contribution in [3.63, 3.8) is 0 Å². The Hall–Kier alpha value is -1.52. The lowest BCUT2D eigenvalue weighted by molar-refractivity contribution is 0.395. The molecule has 1 aromatic heterocycles. The highest BCUT2D eigenvalue weighted by molar-refractivity contribution is 5.73. The summed E-state index contributed by atoms with van der Waals surface area (Å²) in [6, 6.07) is 0. The minimum absolute atomic E-state index is 0.0480. The Morgan fingerprint density at radius 1 is 1.47 bits per heavy atom. The molecule has 0 saturated heterocycles. The maximum atomic E-state index is 5.19. The molecule has 1 N–H and O–H groups in total. The van der Waals surface area contributed by atoms with Crippen molar-refractivity contribution in [2.75, 3.05) is 30.9 Å². The number of nitrogens with one attached hydrogen (secondary N) is 1. The summed E-state index contributed by atoms with van der Waals surface area (Å²) in [6.45, 7) is 5.18. The molecule has 2 heterocycles. The predicted molar refractivity (Wildman–Crippen MR) is 59.6 cm³/mol. The summed E-state index contributed by atoms with van der Waals surface area (Å²) in [5.74, 6) is 1.49. The highest BCUT2D eigenvalue weighted by atomic mass is 16.5. The number of hydrogen-bond donors (Lipinski definition) is 1. The van der Waals surface area contributed by atoms with Crippen molar-refractivity contribution in [3.8, 4) is 5.88 Å². The molecule has 2 rings (SSSR count). The summed E-state index contributed by atoms with van der Waals surface area (Å²) >= 11 is 0. The van der Waals surface area contributed by atoms with Gasteiger partial charge in [0.05, 0.1) is 12.6 Å². The van der Waals surface area contributed by atoms with E-state index in [9.17, 15) is 0 Å². The zero-order chi connectivity index (χ0) is 11.1. The number of fused-ring (bicyclic) bond motifs is 1. The molecule has 0 unspecified atom stereocenters. The zero-order valence-electron chi connectivity index (χ0n) is 9.53. The molecule has 0 atom stereocenters. The average molecular weight is 208 g/mol. The maximum absolute atomic E-state index is 5.19. The standard InChI is InChI=1S/C10H16N4O/c1-10(2)5-11-7-8(14(10)3)12-6-13-9(7)15-4/h6,11H,5H2,1-4H3. The molecule has 0 saturated carbocycles. The molecule has 0 aliphatic carbocycles. The number of rotatable bonds is 1. The smallest absolute Gasteiger partial charge is 0.242 e. The highest BCUT2D eigenvalue weighted by Gasteiger charge is 2.32. The predicted octanol–water partition coefficient (Wildman–Crippen LogP) is 1.13. The molecule has 0 radical (unpaired) electrons.